The Morgan fingerprint density at radius 1 is 1.26 bits per heavy atom. The number of hydrogen-bond acceptors (Lipinski definition) is 3. The van der Waals surface area contributed by atoms with Crippen molar-refractivity contribution in [3.05, 3.63) is 23.9 Å². The molecule has 0 fully saturated rings. The van der Waals surface area contributed by atoms with E-state index in [1.807, 2.05) is 13.1 Å². The van der Waals surface area contributed by atoms with Gasteiger partial charge in [-0.3, -0.25) is 0 Å². The Balaban J connectivity index is 2.51. The molecule has 0 radical (unpaired) electrons. The SMILES string of the molecule is CCCCCCC(C)Oc1ncccc1C(C)NC. The van der Waals surface area contributed by atoms with Crippen LogP contribution in [0.2, 0.25) is 0 Å². The fourth-order valence-electron chi connectivity index (χ4n) is 2.09. The highest BCUT2D eigenvalue weighted by molar-refractivity contribution is 5.28. The van der Waals surface area contributed by atoms with Crippen LogP contribution in [0.5, 0.6) is 5.88 Å². The van der Waals surface area contributed by atoms with Crippen LogP contribution in [-0.4, -0.2) is 18.1 Å². The van der Waals surface area contributed by atoms with Crippen molar-refractivity contribution in [1.29, 1.82) is 0 Å². The standard InChI is InChI=1S/C16H28N2O/c1-5-6-7-8-10-13(2)19-16-15(14(3)17-4)11-9-12-18-16/h9,11-14,17H,5-8,10H2,1-4H3. The van der Waals surface area contributed by atoms with Crippen LogP contribution < -0.4 is 10.1 Å². The number of nitrogens with zero attached hydrogens (tertiary/aromatic N) is 1. The molecule has 0 aliphatic carbocycles. The molecule has 3 nitrogen and oxygen atoms in total. The van der Waals surface area contributed by atoms with Crippen LogP contribution in [0.15, 0.2) is 18.3 Å². The highest BCUT2D eigenvalue weighted by Gasteiger charge is 2.13. The van der Waals surface area contributed by atoms with Gasteiger partial charge >= 0.3 is 0 Å². The summed E-state index contributed by atoms with van der Waals surface area (Å²) < 4.78 is 6.00. The van der Waals surface area contributed by atoms with Gasteiger partial charge in [-0.2, -0.15) is 0 Å². The molecule has 0 aliphatic rings. The Labute approximate surface area is 117 Å². The van der Waals surface area contributed by atoms with E-state index in [1.54, 1.807) is 6.20 Å². The lowest BCUT2D eigenvalue weighted by Gasteiger charge is -2.19. The molecule has 0 amide bonds. The van der Waals surface area contributed by atoms with Gasteiger partial charge in [0.2, 0.25) is 5.88 Å². The second-order valence-electron chi connectivity index (χ2n) is 5.19. The van der Waals surface area contributed by atoms with E-state index >= 15 is 0 Å². The van der Waals surface area contributed by atoms with Crippen LogP contribution in [0.3, 0.4) is 0 Å². The monoisotopic (exact) mass is 264 g/mol. The van der Waals surface area contributed by atoms with Gasteiger partial charge in [0.25, 0.3) is 0 Å². The third-order valence-corrected chi connectivity index (χ3v) is 3.48. The number of ether oxygens (including phenoxy) is 1. The minimum absolute atomic E-state index is 0.231. The number of unbranched alkanes of at least 4 members (excludes halogenated alkanes) is 3. The molecule has 1 aromatic rings. The van der Waals surface area contributed by atoms with Crippen LogP contribution in [0.25, 0.3) is 0 Å². The first-order chi connectivity index (χ1) is 9.19. The highest BCUT2D eigenvalue weighted by atomic mass is 16.5. The van der Waals surface area contributed by atoms with Gasteiger partial charge < -0.3 is 10.1 Å². The maximum Gasteiger partial charge on any atom is 0.218 e. The molecule has 0 bridgehead atoms. The lowest BCUT2D eigenvalue weighted by atomic mass is 10.1. The molecule has 0 saturated heterocycles. The second-order valence-corrected chi connectivity index (χ2v) is 5.19. The molecule has 1 rings (SSSR count). The maximum atomic E-state index is 6.00. The molecule has 1 heterocycles. The van der Waals surface area contributed by atoms with Gasteiger partial charge in [0, 0.05) is 17.8 Å². The molecule has 2 unspecified atom stereocenters. The smallest absolute Gasteiger partial charge is 0.218 e. The van der Waals surface area contributed by atoms with Gasteiger partial charge in [-0.15, -0.1) is 0 Å². The quantitative estimate of drug-likeness (QED) is 0.682. The summed E-state index contributed by atoms with van der Waals surface area (Å²) in [5.41, 5.74) is 1.13. The number of rotatable bonds is 9. The van der Waals surface area contributed by atoms with Crippen LogP contribution in [0.4, 0.5) is 0 Å². The maximum absolute atomic E-state index is 6.00. The lowest BCUT2D eigenvalue weighted by molar-refractivity contribution is 0.195. The van der Waals surface area contributed by atoms with E-state index in [-0.39, 0.29) is 12.1 Å². The van der Waals surface area contributed by atoms with Crippen LogP contribution in [0, 0.1) is 0 Å². The Kier molecular flexibility index (Phi) is 7.49. The summed E-state index contributed by atoms with van der Waals surface area (Å²) in [6.45, 7) is 6.49. The summed E-state index contributed by atoms with van der Waals surface area (Å²) in [6.07, 6.45) is 8.26. The van der Waals surface area contributed by atoms with E-state index in [0.717, 1.165) is 17.9 Å². The molecule has 0 aliphatic heterocycles. The van der Waals surface area contributed by atoms with Gasteiger partial charge in [0.15, 0.2) is 0 Å². The Hall–Kier alpha value is -1.09. The number of nitrogens with one attached hydrogen (secondary N) is 1. The summed E-state index contributed by atoms with van der Waals surface area (Å²) in [5.74, 6) is 0.771. The lowest BCUT2D eigenvalue weighted by Crippen LogP contribution is -2.18. The Bertz CT molecular complexity index is 354. The first kappa shape index (κ1) is 16.0. The fraction of sp³-hybridized carbons (Fsp3) is 0.688. The molecule has 0 spiro atoms. The molecule has 0 aromatic carbocycles. The third kappa shape index (κ3) is 5.60. The number of pyridine rings is 1. The van der Waals surface area contributed by atoms with Gasteiger partial charge in [-0.05, 0) is 39.8 Å². The third-order valence-electron chi connectivity index (χ3n) is 3.48. The first-order valence-corrected chi connectivity index (χ1v) is 7.47. The summed E-state index contributed by atoms with van der Waals surface area (Å²) in [5, 5.41) is 3.23. The van der Waals surface area contributed by atoms with Crippen LogP contribution >= 0.6 is 0 Å². The molecule has 1 N–H and O–H groups in total. The largest absolute Gasteiger partial charge is 0.474 e. The minimum atomic E-state index is 0.231. The Morgan fingerprint density at radius 2 is 2.05 bits per heavy atom. The second kappa shape index (κ2) is 8.92. The summed E-state index contributed by atoms with van der Waals surface area (Å²) in [4.78, 5) is 4.37. The average Bonchev–Trinajstić information content (AvgIpc) is 2.43. The molecule has 19 heavy (non-hydrogen) atoms. The fourth-order valence-corrected chi connectivity index (χ4v) is 2.09. The molecule has 108 valence electrons. The molecular weight excluding hydrogens is 236 g/mol. The number of aromatic nitrogens is 1. The highest BCUT2D eigenvalue weighted by Crippen LogP contribution is 2.23. The molecular formula is C16H28N2O. The zero-order valence-corrected chi connectivity index (χ0v) is 12.8. The van der Waals surface area contributed by atoms with Crippen molar-refractivity contribution in [3.63, 3.8) is 0 Å². The Morgan fingerprint density at radius 3 is 2.74 bits per heavy atom. The van der Waals surface area contributed by atoms with Gasteiger partial charge in [-0.1, -0.05) is 32.3 Å². The van der Waals surface area contributed by atoms with Crippen LogP contribution in [0.1, 0.15) is 64.5 Å². The van der Waals surface area contributed by atoms with Gasteiger partial charge in [-0.25, -0.2) is 4.98 Å². The van der Waals surface area contributed by atoms with Crippen molar-refractivity contribution >= 4 is 0 Å². The normalized spacial score (nSPS) is 14.1. The van der Waals surface area contributed by atoms with Gasteiger partial charge in [0.1, 0.15) is 0 Å². The predicted molar refractivity (Wildman–Crippen MR) is 80.6 cm³/mol. The van der Waals surface area contributed by atoms with E-state index in [4.69, 9.17) is 4.74 Å². The molecule has 1 aromatic heterocycles. The van der Waals surface area contributed by atoms with E-state index < -0.39 is 0 Å². The predicted octanol–water partition coefficient (Wildman–Crippen LogP) is 4.10. The van der Waals surface area contributed by atoms with E-state index in [9.17, 15) is 0 Å². The average molecular weight is 264 g/mol. The minimum Gasteiger partial charge on any atom is -0.474 e. The molecule has 0 saturated carbocycles. The van der Waals surface area contributed by atoms with Crippen molar-refractivity contribution in [2.75, 3.05) is 7.05 Å². The van der Waals surface area contributed by atoms with Crippen molar-refractivity contribution < 1.29 is 4.74 Å². The summed E-state index contributed by atoms with van der Waals surface area (Å²) in [6, 6.07) is 4.30. The summed E-state index contributed by atoms with van der Waals surface area (Å²) >= 11 is 0. The van der Waals surface area contributed by atoms with Crippen molar-refractivity contribution in [3.8, 4) is 5.88 Å². The van der Waals surface area contributed by atoms with Gasteiger partial charge in [0.05, 0.1) is 6.10 Å². The zero-order valence-electron chi connectivity index (χ0n) is 12.8. The first-order valence-electron chi connectivity index (χ1n) is 7.47. The molecule has 3 heteroatoms. The van der Waals surface area contributed by atoms with Crippen LogP contribution in [-0.2, 0) is 0 Å². The van der Waals surface area contributed by atoms with Crippen molar-refractivity contribution in [2.45, 2.75) is 65.0 Å². The van der Waals surface area contributed by atoms with Crippen molar-refractivity contribution in [1.82, 2.24) is 10.3 Å². The number of hydrogen-bond donors (Lipinski definition) is 1. The van der Waals surface area contributed by atoms with E-state index in [1.165, 1.54) is 25.7 Å². The molecule has 2 atom stereocenters. The van der Waals surface area contributed by atoms with Crippen molar-refractivity contribution in [2.24, 2.45) is 0 Å². The van der Waals surface area contributed by atoms with E-state index in [0.29, 0.717) is 0 Å². The van der Waals surface area contributed by atoms with E-state index in [2.05, 4.69) is 37.1 Å². The topological polar surface area (TPSA) is 34.1 Å². The summed E-state index contributed by atoms with van der Waals surface area (Å²) in [7, 11) is 1.95. The zero-order chi connectivity index (χ0) is 14.1.